The van der Waals surface area contributed by atoms with E-state index in [4.69, 9.17) is 5.11 Å². The molecule has 0 spiro atoms. The Kier molecular flexibility index (Phi) is 11.4. The van der Waals surface area contributed by atoms with Crippen LogP contribution in [0.4, 0.5) is 0 Å². The highest BCUT2D eigenvalue weighted by atomic mass is 16.5. The van der Waals surface area contributed by atoms with Crippen LogP contribution in [0.2, 0.25) is 0 Å². The molecule has 0 aliphatic heterocycles. The number of carbonyl (C=O) groups excluding carboxylic acids is 1. The molecule has 0 heterocycles. The summed E-state index contributed by atoms with van der Waals surface area (Å²) in [5.74, 6) is -0.346. The summed E-state index contributed by atoms with van der Waals surface area (Å²) in [5, 5.41) is 18.1. The van der Waals surface area contributed by atoms with Crippen LogP contribution >= 0.6 is 0 Å². The average molecular weight is 246 g/mol. The lowest BCUT2D eigenvalue weighted by Gasteiger charge is -2.08. The highest BCUT2D eigenvalue weighted by Crippen LogP contribution is 2.11. The summed E-state index contributed by atoms with van der Waals surface area (Å²) < 4.78 is 4.48. The Labute approximate surface area is 104 Å². The van der Waals surface area contributed by atoms with Gasteiger partial charge in [-0.3, -0.25) is 4.79 Å². The quantitative estimate of drug-likeness (QED) is 0.432. The van der Waals surface area contributed by atoms with Gasteiger partial charge in [-0.05, 0) is 12.8 Å². The Morgan fingerprint density at radius 1 is 1.06 bits per heavy atom. The monoisotopic (exact) mass is 246 g/mol. The van der Waals surface area contributed by atoms with Crippen LogP contribution in [0, 0.1) is 0 Å². The molecule has 2 N–H and O–H groups in total. The molecule has 17 heavy (non-hydrogen) atoms. The fourth-order valence-corrected chi connectivity index (χ4v) is 1.75. The van der Waals surface area contributed by atoms with Crippen molar-refractivity contribution in [3.05, 3.63) is 0 Å². The van der Waals surface area contributed by atoms with Crippen LogP contribution in [0.3, 0.4) is 0 Å². The van der Waals surface area contributed by atoms with E-state index in [1.165, 1.54) is 20.0 Å². The molecule has 0 aromatic heterocycles. The van der Waals surface area contributed by atoms with Gasteiger partial charge in [0.25, 0.3) is 0 Å². The topological polar surface area (TPSA) is 66.8 Å². The third kappa shape index (κ3) is 11.6. The number of aliphatic hydroxyl groups excluding tert-OH is 2. The second-order valence-electron chi connectivity index (χ2n) is 4.42. The average Bonchev–Trinajstić information content (AvgIpc) is 2.32. The van der Waals surface area contributed by atoms with Crippen molar-refractivity contribution < 1.29 is 19.7 Å². The summed E-state index contributed by atoms with van der Waals surface area (Å²) in [7, 11) is 1.33. The van der Waals surface area contributed by atoms with E-state index in [0.717, 1.165) is 32.1 Å². The van der Waals surface area contributed by atoms with Crippen LogP contribution in [-0.2, 0) is 9.53 Å². The van der Waals surface area contributed by atoms with Crippen molar-refractivity contribution in [2.45, 2.75) is 63.9 Å². The van der Waals surface area contributed by atoms with Crippen LogP contribution in [0.15, 0.2) is 0 Å². The molecule has 0 bridgehead atoms. The van der Waals surface area contributed by atoms with Crippen molar-refractivity contribution in [2.24, 2.45) is 0 Å². The maximum absolute atomic E-state index is 10.9. The Hall–Kier alpha value is -0.610. The number of ether oxygens (including phenoxy) is 1. The lowest BCUT2D eigenvalue weighted by Crippen LogP contribution is -2.14. The van der Waals surface area contributed by atoms with Crippen molar-refractivity contribution in [1.82, 2.24) is 0 Å². The van der Waals surface area contributed by atoms with Gasteiger partial charge in [0, 0.05) is 6.61 Å². The number of rotatable bonds is 11. The van der Waals surface area contributed by atoms with Gasteiger partial charge in [-0.2, -0.15) is 0 Å². The summed E-state index contributed by atoms with van der Waals surface area (Å²) in [4.78, 5) is 10.9. The lowest BCUT2D eigenvalue weighted by atomic mass is 10.0. The fraction of sp³-hybridized carbons (Fsp3) is 0.923. The molecule has 0 aliphatic carbocycles. The van der Waals surface area contributed by atoms with Crippen LogP contribution in [0.5, 0.6) is 0 Å². The number of methoxy groups -OCH3 is 1. The molecule has 0 radical (unpaired) electrons. The molecule has 4 heteroatoms. The molecule has 0 amide bonds. The molecular formula is C13H26O4. The van der Waals surface area contributed by atoms with E-state index >= 15 is 0 Å². The molecule has 0 saturated heterocycles. The highest BCUT2D eigenvalue weighted by Gasteiger charge is 2.09. The molecule has 0 fully saturated rings. The Balaban J connectivity index is 3.19. The Bertz CT molecular complexity index is 182. The van der Waals surface area contributed by atoms with E-state index in [-0.39, 0.29) is 12.4 Å². The predicted octanol–water partition coefficient (Wildman–Crippen LogP) is 2.02. The Morgan fingerprint density at radius 3 is 2.12 bits per heavy atom. The zero-order valence-electron chi connectivity index (χ0n) is 10.9. The SMILES string of the molecule is COC(=O)CC(O)CCCCCCCCCO. The van der Waals surface area contributed by atoms with Gasteiger partial charge in [-0.15, -0.1) is 0 Å². The molecule has 102 valence electrons. The van der Waals surface area contributed by atoms with Crippen LogP contribution in [0.1, 0.15) is 57.8 Å². The largest absolute Gasteiger partial charge is 0.469 e. The number of carbonyl (C=O) groups is 1. The minimum atomic E-state index is -0.558. The Morgan fingerprint density at radius 2 is 1.59 bits per heavy atom. The molecule has 0 aromatic rings. The van der Waals surface area contributed by atoms with Gasteiger partial charge in [0.2, 0.25) is 0 Å². The first-order valence-corrected chi connectivity index (χ1v) is 6.56. The molecular weight excluding hydrogens is 220 g/mol. The summed E-state index contributed by atoms with van der Waals surface area (Å²) >= 11 is 0. The first kappa shape index (κ1) is 16.4. The number of aliphatic hydroxyl groups is 2. The standard InChI is InChI=1S/C13H26O4/c1-17-13(16)11-12(15)9-7-5-3-2-4-6-8-10-14/h12,14-15H,2-11H2,1H3. The summed E-state index contributed by atoms with van der Waals surface area (Å²) in [6.45, 7) is 0.291. The number of esters is 1. The van der Waals surface area contributed by atoms with Gasteiger partial charge in [-0.1, -0.05) is 38.5 Å². The van der Waals surface area contributed by atoms with Gasteiger partial charge >= 0.3 is 5.97 Å². The normalized spacial score (nSPS) is 12.4. The molecule has 0 rings (SSSR count). The summed E-state index contributed by atoms with van der Waals surface area (Å²) in [6.07, 6.45) is 7.79. The van der Waals surface area contributed by atoms with Crippen LogP contribution in [0.25, 0.3) is 0 Å². The molecule has 4 nitrogen and oxygen atoms in total. The molecule has 0 aromatic carbocycles. The number of hydrogen-bond donors (Lipinski definition) is 2. The lowest BCUT2D eigenvalue weighted by molar-refractivity contribution is -0.142. The second-order valence-corrected chi connectivity index (χ2v) is 4.42. The van der Waals surface area contributed by atoms with Crippen molar-refractivity contribution in [2.75, 3.05) is 13.7 Å². The van der Waals surface area contributed by atoms with Crippen molar-refractivity contribution in [3.8, 4) is 0 Å². The summed E-state index contributed by atoms with van der Waals surface area (Å²) in [6, 6.07) is 0. The van der Waals surface area contributed by atoms with E-state index < -0.39 is 6.10 Å². The smallest absolute Gasteiger partial charge is 0.308 e. The minimum absolute atomic E-state index is 0.104. The van der Waals surface area contributed by atoms with E-state index in [1.807, 2.05) is 0 Å². The zero-order chi connectivity index (χ0) is 12.9. The van der Waals surface area contributed by atoms with Gasteiger partial charge in [0.15, 0.2) is 0 Å². The van der Waals surface area contributed by atoms with Gasteiger partial charge < -0.3 is 14.9 Å². The fourth-order valence-electron chi connectivity index (χ4n) is 1.75. The zero-order valence-corrected chi connectivity index (χ0v) is 10.9. The van der Waals surface area contributed by atoms with Gasteiger partial charge in [0.05, 0.1) is 19.6 Å². The van der Waals surface area contributed by atoms with E-state index in [9.17, 15) is 9.90 Å². The van der Waals surface area contributed by atoms with Crippen LogP contribution < -0.4 is 0 Å². The maximum atomic E-state index is 10.9. The number of hydrogen-bond acceptors (Lipinski definition) is 4. The molecule has 1 atom stereocenters. The maximum Gasteiger partial charge on any atom is 0.308 e. The van der Waals surface area contributed by atoms with E-state index in [2.05, 4.69) is 4.74 Å². The van der Waals surface area contributed by atoms with Gasteiger partial charge in [-0.25, -0.2) is 0 Å². The molecule has 0 aliphatic rings. The third-order valence-electron chi connectivity index (χ3n) is 2.83. The first-order chi connectivity index (χ1) is 8.20. The second kappa shape index (κ2) is 11.9. The third-order valence-corrected chi connectivity index (χ3v) is 2.83. The van der Waals surface area contributed by atoms with Crippen molar-refractivity contribution >= 4 is 5.97 Å². The minimum Gasteiger partial charge on any atom is -0.469 e. The predicted molar refractivity (Wildman–Crippen MR) is 66.7 cm³/mol. The molecule has 0 saturated carbocycles. The summed E-state index contributed by atoms with van der Waals surface area (Å²) in [5.41, 5.74) is 0. The van der Waals surface area contributed by atoms with Crippen molar-refractivity contribution in [1.29, 1.82) is 0 Å². The van der Waals surface area contributed by atoms with E-state index in [0.29, 0.717) is 13.0 Å². The number of unbranched alkanes of at least 4 members (excludes halogenated alkanes) is 6. The van der Waals surface area contributed by atoms with Gasteiger partial charge in [0.1, 0.15) is 0 Å². The first-order valence-electron chi connectivity index (χ1n) is 6.56. The van der Waals surface area contributed by atoms with E-state index in [1.54, 1.807) is 0 Å². The highest BCUT2D eigenvalue weighted by molar-refractivity contribution is 5.69. The van der Waals surface area contributed by atoms with Crippen LogP contribution in [-0.4, -0.2) is 36.0 Å². The molecule has 1 unspecified atom stereocenters. The van der Waals surface area contributed by atoms with Crippen molar-refractivity contribution in [3.63, 3.8) is 0 Å².